The van der Waals surface area contributed by atoms with E-state index in [1.54, 1.807) is 30.3 Å². The van der Waals surface area contributed by atoms with Crippen LogP contribution in [-0.4, -0.2) is 11.0 Å². The van der Waals surface area contributed by atoms with Gasteiger partial charge < -0.3 is 5.11 Å². The van der Waals surface area contributed by atoms with E-state index in [1.165, 1.54) is 11.8 Å². The number of halogens is 2. The molecule has 0 bridgehead atoms. The Bertz CT molecular complexity index is 909. The molecule has 0 aliphatic heterocycles. The van der Waals surface area contributed by atoms with Gasteiger partial charge in [-0.15, -0.1) is 0 Å². The van der Waals surface area contributed by atoms with E-state index < -0.39 is 0 Å². The van der Waals surface area contributed by atoms with Gasteiger partial charge in [0.1, 0.15) is 5.75 Å². The predicted molar refractivity (Wildman–Crippen MR) is 94.9 cm³/mol. The van der Waals surface area contributed by atoms with Crippen molar-refractivity contribution in [3.05, 3.63) is 64.6 Å². The smallest absolute Gasteiger partial charge is 0.228 e. The zero-order valence-corrected chi connectivity index (χ0v) is 13.8. The van der Waals surface area contributed by atoms with E-state index in [0.717, 1.165) is 10.8 Å². The third-order valence-electron chi connectivity index (χ3n) is 3.57. The SMILES string of the molecule is CC(=O)N(c1ccc(Cl)cc1Cl)c1c(O)ccc2ccccc12. The van der Waals surface area contributed by atoms with Gasteiger partial charge in [0.25, 0.3) is 0 Å². The van der Waals surface area contributed by atoms with E-state index in [2.05, 4.69) is 0 Å². The van der Waals surface area contributed by atoms with E-state index in [1.807, 2.05) is 24.3 Å². The Morgan fingerprint density at radius 1 is 1.04 bits per heavy atom. The van der Waals surface area contributed by atoms with Crippen molar-refractivity contribution in [3.8, 4) is 5.75 Å². The van der Waals surface area contributed by atoms with Crippen LogP contribution in [0, 0.1) is 0 Å². The van der Waals surface area contributed by atoms with Crippen molar-refractivity contribution in [2.75, 3.05) is 4.90 Å². The van der Waals surface area contributed by atoms with Crippen LogP contribution in [0.4, 0.5) is 11.4 Å². The van der Waals surface area contributed by atoms with Gasteiger partial charge in [-0.3, -0.25) is 9.69 Å². The molecule has 0 unspecified atom stereocenters. The first-order valence-corrected chi connectivity index (χ1v) is 7.71. The molecule has 3 aromatic carbocycles. The first-order chi connectivity index (χ1) is 11.0. The van der Waals surface area contributed by atoms with Crippen molar-refractivity contribution < 1.29 is 9.90 Å². The zero-order chi connectivity index (χ0) is 16.6. The quantitative estimate of drug-likeness (QED) is 0.662. The van der Waals surface area contributed by atoms with E-state index in [0.29, 0.717) is 21.4 Å². The Hall–Kier alpha value is -2.23. The molecule has 0 aromatic heterocycles. The molecule has 23 heavy (non-hydrogen) atoms. The van der Waals surface area contributed by atoms with Crippen molar-refractivity contribution >= 4 is 51.3 Å². The molecule has 3 nitrogen and oxygen atoms in total. The van der Waals surface area contributed by atoms with Crippen molar-refractivity contribution in [2.24, 2.45) is 0 Å². The van der Waals surface area contributed by atoms with Crippen molar-refractivity contribution in [1.82, 2.24) is 0 Å². The molecule has 0 spiro atoms. The maximum Gasteiger partial charge on any atom is 0.228 e. The Labute approximate surface area is 143 Å². The number of rotatable bonds is 2. The van der Waals surface area contributed by atoms with Crippen LogP contribution in [0.15, 0.2) is 54.6 Å². The molecule has 1 amide bonds. The number of anilines is 2. The number of fused-ring (bicyclic) bond motifs is 1. The van der Waals surface area contributed by atoms with Gasteiger partial charge in [0.05, 0.1) is 16.4 Å². The number of carbonyl (C=O) groups excluding carboxylic acids is 1. The summed E-state index contributed by atoms with van der Waals surface area (Å²) in [4.78, 5) is 13.7. The average Bonchev–Trinajstić information content (AvgIpc) is 2.51. The summed E-state index contributed by atoms with van der Waals surface area (Å²) < 4.78 is 0. The molecule has 3 aromatic rings. The van der Waals surface area contributed by atoms with Crippen LogP contribution in [0.25, 0.3) is 10.8 Å². The summed E-state index contributed by atoms with van der Waals surface area (Å²) in [5.74, 6) is -0.259. The average molecular weight is 346 g/mol. The molecule has 1 N–H and O–H groups in total. The van der Waals surface area contributed by atoms with Crippen LogP contribution in [-0.2, 0) is 4.79 Å². The monoisotopic (exact) mass is 345 g/mol. The summed E-state index contributed by atoms with van der Waals surface area (Å²) in [5.41, 5.74) is 0.870. The Kier molecular flexibility index (Phi) is 4.16. The van der Waals surface area contributed by atoms with Crippen LogP contribution in [0.1, 0.15) is 6.92 Å². The number of phenolic OH excluding ortho intramolecular Hbond substituents is 1. The van der Waals surface area contributed by atoms with E-state index in [9.17, 15) is 9.90 Å². The summed E-state index contributed by atoms with van der Waals surface area (Å²) in [5, 5.41) is 12.9. The summed E-state index contributed by atoms with van der Waals surface area (Å²) in [6, 6.07) is 15.8. The van der Waals surface area contributed by atoms with Gasteiger partial charge in [0.2, 0.25) is 5.91 Å². The van der Waals surface area contributed by atoms with Crippen molar-refractivity contribution in [3.63, 3.8) is 0 Å². The number of aromatic hydroxyl groups is 1. The van der Waals surface area contributed by atoms with Crippen LogP contribution in [0.2, 0.25) is 10.0 Å². The van der Waals surface area contributed by atoms with Crippen LogP contribution in [0.3, 0.4) is 0 Å². The molecule has 0 heterocycles. The van der Waals surface area contributed by atoms with Gasteiger partial charge in [-0.1, -0.05) is 53.5 Å². The fraction of sp³-hybridized carbons (Fsp3) is 0.0556. The first-order valence-electron chi connectivity index (χ1n) is 6.95. The lowest BCUT2D eigenvalue weighted by molar-refractivity contribution is -0.115. The molecule has 0 atom stereocenters. The maximum absolute atomic E-state index is 12.3. The number of amides is 1. The number of phenols is 1. The van der Waals surface area contributed by atoms with Gasteiger partial charge in [-0.05, 0) is 29.7 Å². The van der Waals surface area contributed by atoms with Crippen molar-refractivity contribution in [2.45, 2.75) is 6.92 Å². The minimum Gasteiger partial charge on any atom is -0.506 e. The van der Waals surface area contributed by atoms with E-state index in [-0.39, 0.29) is 11.7 Å². The predicted octanol–water partition coefficient (Wildman–Crippen LogP) is 5.54. The fourth-order valence-corrected chi connectivity index (χ4v) is 3.08. The third-order valence-corrected chi connectivity index (χ3v) is 4.11. The second-order valence-corrected chi connectivity index (χ2v) is 5.95. The van der Waals surface area contributed by atoms with Gasteiger partial charge in [0.15, 0.2) is 0 Å². The van der Waals surface area contributed by atoms with Gasteiger partial charge in [-0.2, -0.15) is 0 Å². The normalized spacial score (nSPS) is 10.7. The molecule has 116 valence electrons. The highest BCUT2D eigenvalue weighted by Gasteiger charge is 2.22. The number of benzene rings is 3. The van der Waals surface area contributed by atoms with Crippen LogP contribution < -0.4 is 4.90 Å². The summed E-state index contributed by atoms with van der Waals surface area (Å²) >= 11 is 12.2. The Balaban J connectivity index is 2.32. The number of nitrogens with zero attached hydrogens (tertiary/aromatic N) is 1. The molecule has 0 saturated heterocycles. The van der Waals surface area contributed by atoms with Crippen LogP contribution >= 0.6 is 23.2 Å². The standard InChI is InChI=1S/C18H13Cl2NO2/c1-11(22)21(16-8-7-13(19)10-15(16)20)18-14-5-3-2-4-12(14)6-9-17(18)23/h2-10,23H,1H3. The Morgan fingerprint density at radius 2 is 1.78 bits per heavy atom. The molecular formula is C18H13Cl2NO2. The second kappa shape index (κ2) is 6.11. The lowest BCUT2D eigenvalue weighted by Crippen LogP contribution is -2.23. The van der Waals surface area contributed by atoms with Gasteiger partial charge >= 0.3 is 0 Å². The molecular weight excluding hydrogens is 333 g/mol. The molecule has 0 saturated carbocycles. The van der Waals surface area contributed by atoms with Crippen LogP contribution in [0.5, 0.6) is 5.75 Å². The molecule has 0 fully saturated rings. The third kappa shape index (κ3) is 2.85. The molecule has 0 aliphatic rings. The minimum atomic E-state index is -0.263. The maximum atomic E-state index is 12.3. The minimum absolute atomic E-state index is 0.00455. The summed E-state index contributed by atoms with van der Waals surface area (Å²) in [6.45, 7) is 1.42. The van der Waals surface area contributed by atoms with Crippen molar-refractivity contribution in [1.29, 1.82) is 0 Å². The zero-order valence-electron chi connectivity index (χ0n) is 12.3. The highest BCUT2D eigenvalue weighted by atomic mass is 35.5. The lowest BCUT2D eigenvalue weighted by Gasteiger charge is -2.25. The highest BCUT2D eigenvalue weighted by Crippen LogP contribution is 2.42. The molecule has 3 rings (SSSR count). The fourth-order valence-electron chi connectivity index (χ4n) is 2.59. The lowest BCUT2D eigenvalue weighted by atomic mass is 10.1. The van der Waals surface area contributed by atoms with Gasteiger partial charge in [-0.25, -0.2) is 0 Å². The number of hydrogen-bond acceptors (Lipinski definition) is 2. The summed E-state index contributed by atoms with van der Waals surface area (Å²) in [7, 11) is 0. The summed E-state index contributed by atoms with van der Waals surface area (Å²) in [6.07, 6.45) is 0. The highest BCUT2D eigenvalue weighted by molar-refractivity contribution is 6.37. The number of hydrogen-bond donors (Lipinski definition) is 1. The Morgan fingerprint density at radius 3 is 2.48 bits per heavy atom. The van der Waals surface area contributed by atoms with E-state index in [4.69, 9.17) is 23.2 Å². The topological polar surface area (TPSA) is 40.5 Å². The number of carbonyl (C=O) groups is 1. The second-order valence-electron chi connectivity index (χ2n) is 5.10. The van der Waals surface area contributed by atoms with Gasteiger partial charge in [0, 0.05) is 17.3 Å². The molecule has 0 radical (unpaired) electrons. The first kappa shape index (κ1) is 15.7. The van der Waals surface area contributed by atoms with E-state index >= 15 is 0 Å². The molecule has 0 aliphatic carbocycles. The largest absolute Gasteiger partial charge is 0.506 e. The molecule has 5 heteroatoms.